The van der Waals surface area contributed by atoms with E-state index in [1.165, 1.54) is 0 Å². The number of carbonyl (C=O) groups excluding carboxylic acids is 2. The van der Waals surface area contributed by atoms with Gasteiger partial charge in [0.1, 0.15) is 0 Å². The lowest BCUT2D eigenvalue weighted by atomic mass is 10.1. The molecular weight excluding hydrogens is 359 g/mol. The first-order valence-electron chi connectivity index (χ1n) is 3.83. The minimum atomic E-state index is -4.62. The second kappa shape index (κ2) is 4.70. The maximum atomic E-state index is 12.4. The summed E-state index contributed by atoms with van der Waals surface area (Å²) in [5.74, 6) is 0. The number of rotatable bonds is 2. The third kappa shape index (κ3) is 2.73. The monoisotopic (exact) mass is 362 g/mol. The van der Waals surface area contributed by atoms with Gasteiger partial charge in [-0.15, -0.1) is 0 Å². The average molecular weight is 362 g/mol. The maximum Gasteiger partial charge on any atom is 0.416 e. The molecule has 0 bridgehead atoms. The summed E-state index contributed by atoms with van der Waals surface area (Å²) >= 11 is 6.73. The van der Waals surface area contributed by atoms with Crippen molar-refractivity contribution in [2.45, 2.75) is 6.18 Å². The molecule has 1 aromatic rings. The topological polar surface area (TPSA) is 34.1 Å². The number of hydrogen-bond acceptors (Lipinski definition) is 2. The van der Waals surface area contributed by atoms with E-state index in [2.05, 4.69) is 0 Å². The van der Waals surface area contributed by atoms with Crippen LogP contribution in [0.25, 0.3) is 0 Å². The molecule has 0 atom stereocenters. The van der Waals surface area contributed by atoms with Crippen LogP contribution in [0.3, 0.4) is 0 Å². The lowest BCUT2D eigenvalue weighted by molar-refractivity contribution is -0.137. The molecule has 0 aliphatic rings. The van der Waals surface area contributed by atoms with Crippen molar-refractivity contribution in [3.05, 3.63) is 32.4 Å². The van der Waals surface area contributed by atoms with E-state index in [-0.39, 0.29) is 21.0 Å². The summed E-state index contributed by atoms with van der Waals surface area (Å²) < 4.78 is 37.3. The number of carbonyl (C=O) groups is 2. The summed E-state index contributed by atoms with van der Waals surface area (Å²) in [5, 5.41) is -1.03. The normalized spacial score (nSPS) is 11.3. The van der Waals surface area contributed by atoms with Crippen molar-refractivity contribution >= 4 is 45.7 Å². The minimum absolute atomic E-state index is 0.112. The first kappa shape index (κ1) is 13.4. The van der Waals surface area contributed by atoms with E-state index in [0.29, 0.717) is 12.1 Å². The summed E-state index contributed by atoms with van der Waals surface area (Å²) in [6.07, 6.45) is -4.37. The summed E-state index contributed by atoms with van der Waals surface area (Å²) in [6, 6.07) is 1.31. The van der Waals surface area contributed by atoms with E-state index in [4.69, 9.17) is 11.6 Å². The highest BCUT2D eigenvalue weighted by molar-refractivity contribution is 14.1. The molecule has 0 aliphatic carbocycles. The average Bonchev–Trinajstić information content (AvgIpc) is 2.15. The van der Waals surface area contributed by atoms with Crippen LogP contribution in [-0.2, 0) is 6.18 Å². The van der Waals surface area contributed by atoms with Crippen LogP contribution >= 0.6 is 34.2 Å². The van der Waals surface area contributed by atoms with Crippen molar-refractivity contribution < 1.29 is 22.8 Å². The fourth-order valence-electron chi connectivity index (χ4n) is 1.04. The molecule has 0 radical (unpaired) electrons. The Morgan fingerprint density at radius 3 is 2.31 bits per heavy atom. The molecule has 86 valence electrons. The van der Waals surface area contributed by atoms with E-state index in [1.807, 2.05) is 0 Å². The molecule has 0 saturated heterocycles. The third-order valence-electron chi connectivity index (χ3n) is 1.77. The van der Waals surface area contributed by atoms with Crippen molar-refractivity contribution in [2.24, 2.45) is 0 Å². The zero-order valence-electron chi connectivity index (χ0n) is 7.44. The Morgan fingerprint density at radius 2 is 1.94 bits per heavy atom. The van der Waals surface area contributed by atoms with Crippen molar-refractivity contribution in [2.75, 3.05) is 0 Å². The fraction of sp³-hybridized carbons (Fsp3) is 0.111. The van der Waals surface area contributed by atoms with Gasteiger partial charge >= 0.3 is 6.18 Å². The Bertz CT molecular complexity index is 457. The molecule has 0 unspecified atom stereocenters. The van der Waals surface area contributed by atoms with E-state index in [9.17, 15) is 22.8 Å². The predicted octanol–water partition coefficient (Wildman–Crippen LogP) is 3.50. The zero-order valence-corrected chi connectivity index (χ0v) is 10.4. The van der Waals surface area contributed by atoms with Gasteiger partial charge in [-0.1, -0.05) is 0 Å². The van der Waals surface area contributed by atoms with Gasteiger partial charge < -0.3 is 0 Å². The molecule has 0 saturated carbocycles. The predicted molar refractivity (Wildman–Crippen MR) is 59.7 cm³/mol. The number of aldehydes is 1. The Hall–Kier alpha value is -0.630. The van der Waals surface area contributed by atoms with Gasteiger partial charge in [-0.05, 0) is 46.3 Å². The van der Waals surface area contributed by atoms with Gasteiger partial charge in [0, 0.05) is 14.7 Å². The van der Waals surface area contributed by atoms with E-state index in [1.54, 1.807) is 22.6 Å². The largest absolute Gasteiger partial charge is 0.416 e. The summed E-state index contributed by atoms with van der Waals surface area (Å²) in [6.45, 7) is 0. The van der Waals surface area contributed by atoms with E-state index >= 15 is 0 Å². The van der Waals surface area contributed by atoms with Crippen LogP contribution in [0, 0.1) is 3.57 Å². The van der Waals surface area contributed by atoms with E-state index in [0.717, 1.165) is 0 Å². The minimum Gasteiger partial charge on any atom is -0.298 e. The first-order chi connectivity index (χ1) is 7.27. The van der Waals surface area contributed by atoms with Crippen LogP contribution in [-0.4, -0.2) is 11.5 Å². The quantitative estimate of drug-likeness (QED) is 0.458. The standard InChI is InChI=1S/C9H3ClF3IO2/c10-8(16)6-2-5(9(11,12)13)1-4(3-15)7(6)14/h1-3H. The van der Waals surface area contributed by atoms with Crippen LogP contribution in [0.2, 0.25) is 0 Å². The summed E-state index contributed by atoms with van der Waals surface area (Å²) in [5.41, 5.74) is -1.60. The van der Waals surface area contributed by atoms with Gasteiger partial charge in [0.25, 0.3) is 5.24 Å². The van der Waals surface area contributed by atoms with Gasteiger partial charge in [-0.2, -0.15) is 13.2 Å². The Morgan fingerprint density at radius 1 is 1.38 bits per heavy atom. The number of alkyl halides is 3. The second-order valence-electron chi connectivity index (χ2n) is 2.82. The molecule has 0 N–H and O–H groups in total. The summed E-state index contributed by atoms with van der Waals surface area (Å²) in [7, 11) is 0. The van der Waals surface area contributed by atoms with Crippen LogP contribution < -0.4 is 0 Å². The molecular formula is C9H3ClF3IO2. The molecule has 0 aliphatic heterocycles. The van der Waals surface area contributed by atoms with Crippen LogP contribution in [0.15, 0.2) is 12.1 Å². The number of halogens is 5. The van der Waals surface area contributed by atoms with Gasteiger partial charge in [0.15, 0.2) is 6.29 Å². The van der Waals surface area contributed by atoms with Crippen LogP contribution in [0.1, 0.15) is 26.3 Å². The van der Waals surface area contributed by atoms with E-state index < -0.39 is 17.0 Å². The maximum absolute atomic E-state index is 12.4. The van der Waals surface area contributed by atoms with Gasteiger partial charge in [0.05, 0.1) is 5.56 Å². The third-order valence-corrected chi connectivity index (χ3v) is 3.17. The lowest BCUT2D eigenvalue weighted by Gasteiger charge is -2.10. The first-order valence-corrected chi connectivity index (χ1v) is 5.28. The molecule has 2 nitrogen and oxygen atoms in total. The van der Waals surface area contributed by atoms with Crippen molar-refractivity contribution in [1.82, 2.24) is 0 Å². The highest BCUT2D eigenvalue weighted by Gasteiger charge is 2.32. The molecule has 1 aromatic carbocycles. The SMILES string of the molecule is O=Cc1cc(C(F)(F)F)cc(C(=O)Cl)c1I. The van der Waals surface area contributed by atoms with Crippen LogP contribution in [0.4, 0.5) is 13.2 Å². The zero-order chi connectivity index (χ0) is 12.5. The molecule has 0 amide bonds. The molecule has 0 heterocycles. The summed E-state index contributed by atoms with van der Waals surface area (Å²) in [4.78, 5) is 21.4. The van der Waals surface area contributed by atoms with Crippen molar-refractivity contribution in [3.63, 3.8) is 0 Å². The second-order valence-corrected chi connectivity index (χ2v) is 4.24. The van der Waals surface area contributed by atoms with Crippen molar-refractivity contribution in [3.8, 4) is 0 Å². The Balaban J connectivity index is 3.52. The molecule has 0 aromatic heterocycles. The molecule has 16 heavy (non-hydrogen) atoms. The van der Waals surface area contributed by atoms with Gasteiger partial charge in [-0.25, -0.2) is 0 Å². The van der Waals surface area contributed by atoms with Gasteiger partial charge in [-0.3, -0.25) is 9.59 Å². The number of benzene rings is 1. The highest BCUT2D eigenvalue weighted by atomic mass is 127. The molecule has 7 heteroatoms. The Kier molecular flexibility index (Phi) is 3.95. The molecule has 1 rings (SSSR count). The van der Waals surface area contributed by atoms with Gasteiger partial charge in [0.2, 0.25) is 0 Å². The van der Waals surface area contributed by atoms with Crippen LogP contribution in [0.5, 0.6) is 0 Å². The molecule has 0 fully saturated rings. The smallest absolute Gasteiger partial charge is 0.298 e. The molecule has 0 spiro atoms. The Labute approximate surface area is 107 Å². The van der Waals surface area contributed by atoms with Crippen molar-refractivity contribution in [1.29, 1.82) is 0 Å². The highest BCUT2D eigenvalue weighted by Crippen LogP contribution is 2.32. The number of hydrogen-bond donors (Lipinski definition) is 0. The lowest BCUT2D eigenvalue weighted by Crippen LogP contribution is -2.09. The fourth-order valence-corrected chi connectivity index (χ4v) is 2.03.